The highest BCUT2D eigenvalue weighted by atomic mass is 16.6. The zero-order valence-corrected chi connectivity index (χ0v) is 38.0. The number of ether oxygens (including phenoxy) is 3. The van der Waals surface area contributed by atoms with Crippen molar-refractivity contribution in [2.24, 2.45) is 0 Å². The molecule has 0 aromatic carbocycles. The van der Waals surface area contributed by atoms with E-state index in [-0.39, 0.29) is 37.5 Å². The Morgan fingerprint density at radius 3 is 1.19 bits per heavy atom. The Bertz CT molecular complexity index is 1220. The molecule has 0 spiro atoms. The van der Waals surface area contributed by atoms with Crippen molar-refractivity contribution in [3.8, 4) is 0 Å². The van der Waals surface area contributed by atoms with Gasteiger partial charge in [-0.2, -0.15) is 0 Å². The van der Waals surface area contributed by atoms with E-state index in [1.165, 1.54) is 51.4 Å². The van der Waals surface area contributed by atoms with Gasteiger partial charge < -0.3 is 14.2 Å². The van der Waals surface area contributed by atoms with Crippen LogP contribution in [-0.2, 0) is 28.6 Å². The lowest BCUT2D eigenvalue weighted by atomic mass is 10.1. The fourth-order valence-corrected chi connectivity index (χ4v) is 6.01. The highest BCUT2D eigenvalue weighted by Gasteiger charge is 2.19. The third kappa shape index (κ3) is 45.3. The van der Waals surface area contributed by atoms with Crippen LogP contribution in [-0.4, -0.2) is 37.2 Å². The zero-order chi connectivity index (χ0) is 43.0. The number of rotatable bonds is 41. The molecule has 0 saturated carbocycles. The molecule has 0 bridgehead atoms. The van der Waals surface area contributed by atoms with E-state index in [1.807, 2.05) is 12.2 Å². The molecule has 0 radical (unpaired) electrons. The summed E-state index contributed by atoms with van der Waals surface area (Å²) < 4.78 is 16.6. The maximum Gasteiger partial charge on any atom is 0.306 e. The Hall–Kier alpha value is -3.67. The monoisotopic (exact) mass is 819 g/mol. The molecular weight excluding hydrogens is 733 g/mol. The smallest absolute Gasteiger partial charge is 0.306 e. The number of unbranched alkanes of at least 4 members (excludes halogenated alkanes) is 14. The van der Waals surface area contributed by atoms with Crippen LogP contribution in [0.3, 0.4) is 0 Å². The molecule has 1 unspecified atom stereocenters. The molecule has 334 valence electrons. The first-order valence-corrected chi connectivity index (χ1v) is 23.7. The number of hydrogen-bond acceptors (Lipinski definition) is 6. The van der Waals surface area contributed by atoms with Gasteiger partial charge in [-0.1, -0.05) is 195 Å². The van der Waals surface area contributed by atoms with Crippen LogP contribution in [0.4, 0.5) is 0 Å². The van der Waals surface area contributed by atoms with Crippen molar-refractivity contribution >= 4 is 17.9 Å². The molecular formula is C53H86O6. The molecule has 0 aromatic heterocycles. The van der Waals surface area contributed by atoms with Crippen molar-refractivity contribution in [3.05, 3.63) is 97.2 Å². The molecule has 0 aromatic rings. The number of allylic oxidation sites excluding steroid dienone is 16. The standard InChI is InChI=1S/C53H86O6/c1-4-7-10-13-16-19-21-23-25-26-27-28-29-31-32-34-37-40-43-46-52(55)58-49-50(48-57-51(54)45-42-39-36-18-15-12-9-6-3)59-53(56)47-44-41-38-35-33-30-24-22-20-17-14-11-8-5-2/h7,10,14,16-17,19,22-25,27-28,31-32,37,40,50H,4-6,8-9,11-13,15,18,20-21,26,29-30,33-36,38-39,41-49H2,1-3H3/b10-7-,17-14-,19-16-,24-22-,25-23-,28-27-,32-31-,40-37-. The minimum atomic E-state index is -0.812. The number of carbonyl (C=O) groups is 3. The summed E-state index contributed by atoms with van der Waals surface area (Å²) in [4.78, 5) is 37.7. The average molecular weight is 819 g/mol. The van der Waals surface area contributed by atoms with Gasteiger partial charge in [0, 0.05) is 19.3 Å². The minimum absolute atomic E-state index is 0.107. The number of carbonyl (C=O) groups excluding carboxylic acids is 3. The van der Waals surface area contributed by atoms with E-state index >= 15 is 0 Å². The number of esters is 3. The van der Waals surface area contributed by atoms with Crippen molar-refractivity contribution in [2.45, 2.75) is 207 Å². The molecule has 0 aliphatic rings. The fraction of sp³-hybridized carbons (Fsp3) is 0.642. The van der Waals surface area contributed by atoms with Gasteiger partial charge in [-0.05, 0) is 83.5 Å². The topological polar surface area (TPSA) is 78.9 Å². The van der Waals surface area contributed by atoms with Crippen molar-refractivity contribution in [3.63, 3.8) is 0 Å². The molecule has 0 rings (SSSR count). The van der Waals surface area contributed by atoms with Gasteiger partial charge >= 0.3 is 17.9 Å². The first-order chi connectivity index (χ1) is 29.0. The highest BCUT2D eigenvalue weighted by Crippen LogP contribution is 2.12. The predicted octanol–water partition coefficient (Wildman–Crippen LogP) is 15.4. The van der Waals surface area contributed by atoms with E-state index in [9.17, 15) is 14.4 Å². The van der Waals surface area contributed by atoms with Gasteiger partial charge in [0.25, 0.3) is 0 Å². The number of hydrogen-bond donors (Lipinski definition) is 0. The summed E-state index contributed by atoms with van der Waals surface area (Å²) in [5.74, 6) is -1.02. The maximum absolute atomic E-state index is 12.7. The van der Waals surface area contributed by atoms with Crippen LogP contribution in [0, 0.1) is 0 Å². The van der Waals surface area contributed by atoms with Gasteiger partial charge in [-0.15, -0.1) is 0 Å². The van der Waals surface area contributed by atoms with Crippen LogP contribution in [0.5, 0.6) is 0 Å². The van der Waals surface area contributed by atoms with Gasteiger partial charge in [-0.25, -0.2) is 0 Å². The van der Waals surface area contributed by atoms with E-state index in [0.29, 0.717) is 19.3 Å². The van der Waals surface area contributed by atoms with E-state index in [4.69, 9.17) is 14.2 Å². The first kappa shape index (κ1) is 55.3. The zero-order valence-electron chi connectivity index (χ0n) is 38.0. The second-order valence-electron chi connectivity index (χ2n) is 15.3. The largest absolute Gasteiger partial charge is 0.462 e. The lowest BCUT2D eigenvalue weighted by Crippen LogP contribution is -2.30. The van der Waals surface area contributed by atoms with Crippen LogP contribution < -0.4 is 0 Å². The lowest BCUT2D eigenvalue weighted by Gasteiger charge is -2.18. The Balaban J connectivity index is 4.48. The summed E-state index contributed by atoms with van der Waals surface area (Å²) in [6.45, 7) is 6.35. The molecule has 0 saturated heterocycles. The molecule has 1 atom stereocenters. The van der Waals surface area contributed by atoms with Crippen LogP contribution in [0.15, 0.2) is 97.2 Å². The van der Waals surface area contributed by atoms with Crippen molar-refractivity contribution in [1.29, 1.82) is 0 Å². The van der Waals surface area contributed by atoms with Crippen LogP contribution in [0.1, 0.15) is 201 Å². The summed E-state index contributed by atoms with van der Waals surface area (Å²) >= 11 is 0. The minimum Gasteiger partial charge on any atom is -0.462 e. The first-order valence-electron chi connectivity index (χ1n) is 23.7. The van der Waals surface area contributed by atoms with Crippen LogP contribution >= 0.6 is 0 Å². The predicted molar refractivity (Wildman–Crippen MR) is 251 cm³/mol. The molecule has 0 N–H and O–H groups in total. The fourth-order valence-electron chi connectivity index (χ4n) is 6.01. The van der Waals surface area contributed by atoms with Crippen LogP contribution in [0.25, 0.3) is 0 Å². The van der Waals surface area contributed by atoms with Gasteiger partial charge in [0.05, 0.1) is 0 Å². The van der Waals surface area contributed by atoms with Crippen molar-refractivity contribution in [1.82, 2.24) is 0 Å². The average Bonchev–Trinajstić information content (AvgIpc) is 3.23. The molecule has 6 heteroatoms. The highest BCUT2D eigenvalue weighted by molar-refractivity contribution is 5.71. The summed E-state index contributed by atoms with van der Waals surface area (Å²) in [6.07, 6.45) is 61.2. The quantitative estimate of drug-likeness (QED) is 0.0265. The van der Waals surface area contributed by atoms with Gasteiger partial charge in [-0.3, -0.25) is 14.4 Å². The summed E-state index contributed by atoms with van der Waals surface area (Å²) in [5.41, 5.74) is 0. The molecule has 0 aliphatic heterocycles. The third-order valence-electron chi connectivity index (χ3n) is 9.59. The van der Waals surface area contributed by atoms with Gasteiger partial charge in [0.15, 0.2) is 6.10 Å². The second-order valence-corrected chi connectivity index (χ2v) is 15.3. The second kappa shape index (κ2) is 47.0. The van der Waals surface area contributed by atoms with Gasteiger partial charge in [0.2, 0.25) is 0 Å². The Labute approximate surface area is 362 Å². The molecule has 0 heterocycles. The molecule has 6 nitrogen and oxygen atoms in total. The Morgan fingerprint density at radius 1 is 0.356 bits per heavy atom. The summed E-state index contributed by atoms with van der Waals surface area (Å²) in [6, 6.07) is 0. The molecule has 0 amide bonds. The van der Waals surface area contributed by atoms with E-state index in [0.717, 1.165) is 103 Å². The normalized spacial score (nSPS) is 12.9. The van der Waals surface area contributed by atoms with Crippen LogP contribution in [0.2, 0.25) is 0 Å². The van der Waals surface area contributed by atoms with E-state index in [1.54, 1.807) is 0 Å². The SMILES string of the molecule is CC/C=C\C/C=C\C/C=C\C/C=C\C/C=C\C/C=C\CCC(=O)OCC(COC(=O)CCCCCCCCCC)OC(=O)CCCCCCC/C=C\C/C=C\CCCC. The lowest BCUT2D eigenvalue weighted by molar-refractivity contribution is -0.166. The van der Waals surface area contributed by atoms with Gasteiger partial charge in [0.1, 0.15) is 13.2 Å². The summed E-state index contributed by atoms with van der Waals surface area (Å²) in [7, 11) is 0. The maximum atomic E-state index is 12.7. The van der Waals surface area contributed by atoms with E-state index in [2.05, 4.69) is 106 Å². The molecule has 59 heavy (non-hydrogen) atoms. The van der Waals surface area contributed by atoms with Crippen molar-refractivity contribution < 1.29 is 28.6 Å². The Kier molecular flexibility index (Phi) is 44.1. The van der Waals surface area contributed by atoms with Crippen molar-refractivity contribution in [2.75, 3.05) is 13.2 Å². The molecule has 0 aliphatic carbocycles. The third-order valence-corrected chi connectivity index (χ3v) is 9.59. The van der Waals surface area contributed by atoms with E-state index < -0.39 is 6.10 Å². The Morgan fingerprint density at radius 2 is 0.712 bits per heavy atom. The summed E-state index contributed by atoms with van der Waals surface area (Å²) in [5, 5.41) is 0. The molecule has 0 fully saturated rings.